The predicted octanol–water partition coefficient (Wildman–Crippen LogP) is 2.66. The van der Waals surface area contributed by atoms with Crippen LogP contribution >= 0.6 is 11.6 Å². The molecule has 0 spiro atoms. The number of halogens is 5. The minimum atomic E-state index is -4.68. The van der Waals surface area contributed by atoms with Crippen LogP contribution < -0.4 is 15.4 Å². The van der Waals surface area contributed by atoms with Gasteiger partial charge in [-0.2, -0.15) is 0 Å². The molecule has 6 rings (SSSR count). The SMILES string of the molecule is O=C(COC1CC(OC(F)(F)F)C1)NC12CC(NC(=O)[C@H]3C[C@@H](O)c4cc(Cl)c(F)cc4O3)(C1)C2. The number of rotatable bonds is 7. The van der Waals surface area contributed by atoms with Gasteiger partial charge in [0.1, 0.15) is 18.2 Å². The van der Waals surface area contributed by atoms with Crippen molar-refractivity contribution in [1.29, 1.82) is 0 Å². The van der Waals surface area contributed by atoms with Crippen molar-refractivity contribution in [3.8, 4) is 5.75 Å². The minimum Gasteiger partial charge on any atom is -0.480 e. The van der Waals surface area contributed by atoms with Gasteiger partial charge in [0.2, 0.25) is 5.91 Å². The Morgan fingerprint density at radius 1 is 1.11 bits per heavy atom. The van der Waals surface area contributed by atoms with Gasteiger partial charge in [0, 0.05) is 42.0 Å². The van der Waals surface area contributed by atoms with E-state index in [9.17, 15) is 32.3 Å². The van der Waals surface area contributed by atoms with Crippen molar-refractivity contribution in [3.05, 3.63) is 28.5 Å². The van der Waals surface area contributed by atoms with Crippen LogP contribution in [0.1, 0.15) is 50.2 Å². The van der Waals surface area contributed by atoms with Crippen molar-refractivity contribution in [3.63, 3.8) is 0 Å². The maximum atomic E-state index is 13.8. The molecule has 8 nitrogen and oxygen atoms in total. The summed E-state index contributed by atoms with van der Waals surface area (Å²) < 4.78 is 65.0. The van der Waals surface area contributed by atoms with Crippen molar-refractivity contribution in [1.82, 2.24) is 10.6 Å². The van der Waals surface area contributed by atoms with Gasteiger partial charge in [-0.3, -0.25) is 14.3 Å². The van der Waals surface area contributed by atoms with Gasteiger partial charge in [0.25, 0.3) is 5.91 Å². The molecule has 0 aromatic heterocycles. The first-order chi connectivity index (χ1) is 16.3. The molecule has 0 unspecified atom stereocenters. The maximum absolute atomic E-state index is 13.8. The summed E-state index contributed by atoms with van der Waals surface area (Å²) in [5.41, 5.74) is -0.615. The topological polar surface area (TPSA) is 106 Å². The molecule has 1 heterocycles. The first-order valence-corrected chi connectivity index (χ1v) is 11.5. The van der Waals surface area contributed by atoms with Gasteiger partial charge in [-0.15, -0.1) is 13.2 Å². The monoisotopic (exact) mass is 522 g/mol. The standard InChI is InChI=1S/C22H23ClF4N2O6/c23-13-3-12-15(30)5-17(34-16(12)4-14(13)24)19(32)29-21-7-20(8-21,9-21)28-18(31)6-33-10-1-11(2-10)35-22(25,26)27/h3-4,10-11,15,17,30H,1-2,5-9H2,(H,28,31)(H,29,32)/t10?,11?,15-,17-,20?,21?/m1/s1. The van der Waals surface area contributed by atoms with Crippen LogP contribution in [0.3, 0.4) is 0 Å². The number of amides is 2. The first kappa shape index (κ1) is 24.5. The molecule has 4 saturated carbocycles. The smallest absolute Gasteiger partial charge is 0.480 e. The Morgan fingerprint density at radius 3 is 2.43 bits per heavy atom. The number of carbonyl (C=O) groups excluding carboxylic acids is 2. The molecule has 4 aliphatic carbocycles. The number of hydrogen-bond acceptors (Lipinski definition) is 6. The van der Waals surface area contributed by atoms with Crippen LogP contribution in [0, 0.1) is 5.82 Å². The molecule has 4 fully saturated rings. The van der Waals surface area contributed by atoms with Gasteiger partial charge in [-0.25, -0.2) is 4.39 Å². The van der Waals surface area contributed by atoms with Crippen LogP contribution in [-0.2, 0) is 19.1 Å². The number of fused-ring (bicyclic) bond motifs is 1. The summed E-state index contributed by atoms with van der Waals surface area (Å²) >= 11 is 5.75. The van der Waals surface area contributed by atoms with E-state index in [0.717, 1.165) is 6.07 Å². The van der Waals surface area contributed by atoms with Gasteiger partial charge < -0.3 is 25.2 Å². The Balaban J connectivity index is 1.04. The van der Waals surface area contributed by atoms with Crippen molar-refractivity contribution in [2.24, 2.45) is 0 Å². The zero-order valence-corrected chi connectivity index (χ0v) is 19.0. The highest BCUT2D eigenvalue weighted by Crippen LogP contribution is 2.60. The third-order valence-electron chi connectivity index (χ3n) is 7.04. The fraction of sp³-hybridized carbons (Fsp3) is 0.636. The van der Waals surface area contributed by atoms with Crippen molar-refractivity contribution >= 4 is 23.4 Å². The van der Waals surface area contributed by atoms with Crippen molar-refractivity contribution in [2.75, 3.05) is 6.61 Å². The maximum Gasteiger partial charge on any atom is 0.522 e. The molecule has 3 N–H and O–H groups in total. The quantitative estimate of drug-likeness (QED) is 0.476. The molecule has 5 aliphatic rings. The Kier molecular flexibility index (Phi) is 5.93. The normalized spacial score (nSPS) is 34.9. The van der Waals surface area contributed by atoms with Crippen LogP contribution in [0.15, 0.2) is 12.1 Å². The summed E-state index contributed by atoms with van der Waals surface area (Å²) in [5.74, 6) is -1.46. The molecule has 1 aromatic rings. The molecular weight excluding hydrogens is 500 g/mol. The van der Waals surface area contributed by atoms with E-state index in [0.29, 0.717) is 24.8 Å². The van der Waals surface area contributed by atoms with E-state index in [1.165, 1.54) is 6.07 Å². The van der Waals surface area contributed by atoms with E-state index in [-0.39, 0.29) is 42.5 Å². The van der Waals surface area contributed by atoms with E-state index in [1.54, 1.807) is 0 Å². The lowest BCUT2D eigenvalue weighted by Gasteiger charge is -2.70. The van der Waals surface area contributed by atoms with Crippen LogP contribution in [0.25, 0.3) is 0 Å². The van der Waals surface area contributed by atoms with E-state index >= 15 is 0 Å². The number of carbonyl (C=O) groups is 2. The zero-order chi connectivity index (χ0) is 25.2. The molecular formula is C22H23ClF4N2O6. The molecule has 35 heavy (non-hydrogen) atoms. The fourth-order valence-electron chi connectivity index (χ4n) is 5.46. The first-order valence-electron chi connectivity index (χ1n) is 11.2. The van der Waals surface area contributed by atoms with E-state index in [2.05, 4.69) is 15.4 Å². The van der Waals surface area contributed by atoms with Crippen molar-refractivity contribution in [2.45, 2.75) is 80.4 Å². The molecule has 13 heteroatoms. The number of nitrogens with one attached hydrogen (secondary N) is 2. The fourth-order valence-corrected chi connectivity index (χ4v) is 5.63. The van der Waals surface area contributed by atoms with Crippen LogP contribution in [0.5, 0.6) is 5.75 Å². The summed E-state index contributed by atoms with van der Waals surface area (Å²) in [7, 11) is 0. The number of ether oxygens (including phenoxy) is 3. The number of aliphatic hydroxyl groups is 1. The number of benzene rings is 1. The lowest BCUT2D eigenvalue weighted by molar-refractivity contribution is -0.357. The van der Waals surface area contributed by atoms with Crippen LogP contribution in [0.4, 0.5) is 17.6 Å². The van der Waals surface area contributed by atoms with Gasteiger partial charge in [-0.1, -0.05) is 11.6 Å². The molecule has 1 aromatic carbocycles. The molecule has 0 saturated heterocycles. The third-order valence-corrected chi connectivity index (χ3v) is 7.33. The highest BCUT2D eigenvalue weighted by Gasteiger charge is 2.69. The molecule has 192 valence electrons. The van der Waals surface area contributed by atoms with Gasteiger partial charge >= 0.3 is 6.36 Å². The van der Waals surface area contributed by atoms with Crippen LogP contribution in [-0.4, -0.2) is 59.3 Å². The lowest BCUT2D eigenvalue weighted by atomic mass is 9.44. The minimum absolute atomic E-state index is 0.00781. The summed E-state index contributed by atoms with van der Waals surface area (Å²) in [5, 5.41) is 16.0. The Morgan fingerprint density at radius 2 is 1.77 bits per heavy atom. The van der Waals surface area contributed by atoms with Gasteiger partial charge in [-0.05, 0) is 25.3 Å². The Bertz CT molecular complexity index is 1030. The van der Waals surface area contributed by atoms with E-state index in [1.807, 2.05) is 0 Å². The second-order valence-electron chi connectivity index (χ2n) is 9.88. The van der Waals surface area contributed by atoms with E-state index in [4.69, 9.17) is 21.1 Å². The highest BCUT2D eigenvalue weighted by atomic mass is 35.5. The van der Waals surface area contributed by atoms with E-state index < -0.39 is 53.6 Å². The number of hydrogen-bond donors (Lipinski definition) is 3. The molecule has 2 amide bonds. The van der Waals surface area contributed by atoms with Gasteiger partial charge in [0.05, 0.1) is 23.3 Å². The summed E-state index contributed by atoms with van der Waals surface area (Å²) in [6.45, 7) is -0.266. The average molecular weight is 523 g/mol. The summed E-state index contributed by atoms with van der Waals surface area (Å²) in [4.78, 5) is 24.9. The second-order valence-corrected chi connectivity index (χ2v) is 10.3. The zero-order valence-electron chi connectivity index (χ0n) is 18.3. The average Bonchev–Trinajstić information content (AvgIpc) is 2.67. The summed E-state index contributed by atoms with van der Waals surface area (Å²) in [6.07, 6.45) is -6.42. The molecule has 2 atom stereocenters. The third kappa shape index (κ3) is 4.93. The second kappa shape index (κ2) is 8.46. The molecule has 1 aliphatic heterocycles. The van der Waals surface area contributed by atoms with Crippen LogP contribution in [0.2, 0.25) is 5.02 Å². The largest absolute Gasteiger partial charge is 0.522 e. The predicted molar refractivity (Wildman–Crippen MR) is 111 cm³/mol. The van der Waals surface area contributed by atoms with Crippen molar-refractivity contribution < 1.29 is 46.5 Å². The molecule has 0 radical (unpaired) electrons. The molecule has 2 bridgehead atoms. The Hall–Kier alpha value is -2.15. The summed E-state index contributed by atoms with van der Waals surface area (Å²) in [6, 6.07) is 2.32. The number of alkyl halides is 3. The lowest BCUT2D eigenvalue weighted by Crippen LogP contribution is -2.84. The van der Waals surface area contributed by atoms with Gasteiger partial charge in [0.15, 0.2) is 6.10 Å². The number of aliphatic hydroxyl groups excluding tert-OH is 1. The highest BCUT2D eigenvalue weighted by molar-refractivity contribution is 6.30. The Labute approximate surface area is 202 Å².